The maximum absolute atomic E-state index is 12.1. The van der Waals surface area contributed by atoms with Gasteiger partial charge in [-0.1, -0.05) is 30.3 Å². The lowest BCUT2D eigenvalue weighted by atomic mass is 10.1. The summed E-state index contributed by atoms with van der Waals surface area (Å²) in [5, 5.41) is 2.73. The number of carbonyl (C=O) groups is 2. The molecule has 4 nitrogen and oxygen atoms in total. The lowest BCUT2D eigenvalue weighted by Gasteiger charge is -2.15. The van der Waals surface area contributed by atoms with Crippen molar-refractivity contribution >= 4 is 17.4 Å². The lowest BCUT2D eigenvalue weighted by molar-refractivity contribution is -0.122. The van der Waals surface area contributed by atoms with Gasteiger partial charge in [-0.3, -0.25) is 9.59 Å². The van der Waals surface area contributed by atoms with E-state index in [4.69, 9.17) is 4.74 Å². The fraction of sp³-hybridized carbons (Fsp3) is 0.176. The Labute approximate surface area is 123 Å². The molecule has 0 heterocycles. The molecule has 4 heteroatoms. The Hall–Kier alpha value is -2.62. The van der Waals surface area contributed by atoms with Crippen molar-refractivity contribution in [3.05, 3.63) is 60.2 Å². The minimum absolute atomic E-state index is 0.0949. The molecule has 0 saturated carbocycles. The molecule has 0 aromatic heterocycles. The maximum atomic E-state index is 12.1. The normalized spacial score (nSPS) is 11.5. The molecule has 108 valence electrons. The number of rotatable bonds is 5. The van der Waals surface area contributed by atoms with Gasteiger partial charge in [0.1, 0.15) is 5.75 Å². The molecule has 0 fully saturated rings. The smallest absolute Gasteiger partial charge is 0.265 e. The van der Waals surface area contributed by atoms with Crippen LogP contribution in [0, 0.1) is 0 Å². The van der Waals surface area contributed by atoms with Gasteiger partial charge in [-0.15, -0.1) is 0 Å². The summed E-state index contributed by atoms with van der Waals surface area (Å²) < 4.78 is 5.55. The first-order valence-electron chi connectivity index (χ1n) is 6.70. The van der Waals surface area contributed by atoms with Crippen LogP contribution in [-0.2, 0) is 4.79 Å². The molecular formula is C17H17NO3. The Morgan fingerprint density at radius 2 is 1.62 bits per heavy atom. The summed E-state index contributed by atoms with van der Waals surface area (Å²) in [4.78, 5) is 23.7. The van der Waals surface area contributed by atoms with Crippen molar-refractivity contribution in [2.24, 2.45) is 0 Å². The lowest BCUT2D eigenvalue weighted by Crippen LogP contribution is -2.30. The Balaban J connectivity index is 2.06. The van der Waals surface area contributed by atoms with Crippen LogP contribution in [0.1, 0.15) is 24.2 Å². The Morgan fingerprint density at radius 1 is 1.00 bits per heavy atom. The number of para-hydroxylation sites is 2. The third-order valence-corrected chi connectivity index (χ3v) is 2.99. The highest BCUT2D eigenvalue weighted by atomic mass is 16.5. The van der Waals surface area contributed by atoms with E-state index in [1.165, 1.54) is 6.92 Å². The molecule has 0 aliphatic carbocycles. The molecule has 1 amide bonds. The second-order valence-electron chi connectivity index (χ2n) is 4.66. The highest BCUT2D eigenvalue weighted by Crippen LogP contribution is 2.17. The largest absolute Gasteiger partial charge is 0.481 e. The number of amides is 1. The summed E-state index contributed by atoms with van der Waals surface area (Å²) in [6.07, 6.45) is -0.660. The zero-order chi connectivity index (χ0) is 15.2. The van der Waals surface area contributed by atoms with E-state index in [1.807, 2.05) is 18.2 Å². The van der Waals surface area contributed by atoms with E-state index < -0.39 is 6.10 Å². The van der Waals surface area contributed by atoms with Crippen LogP contribution < -0.4 is 10.1 Å². The quantitative estimate of drug-likeness (QED) is 0.857. The zero-order valence-corrected chi connectivity index (χ0v) is 12.0. The molecule has 2 aromatic carbocycles. The predicted molar refractivity (Wildman–Crippen MR) is 81.6 cm³/mol. The summed E-state index contributed by atoms with van der Waals surface area (Å²) in [5.41, 5.74) is 0.983. The molecule has 21 heavy (non-hydrogen) atoms. The third kappa shape index (κ3) is 3.92. The molecule has 0 saturated heterocycles. The molecule has 1 atom stereocenters. The van der Waals surface area contributed by atoms with Crippen molar-refractivity contribution in [3.63, 3.8) is 0 Å². The van der Waals surface area contributed by atoms with Crippen molar-refractivity contribution in [3.8, 4) is 5.75 Å². The van der Waals surface area contributed by atoms with Gasteiger partial charge in [0.2, 0.25) is 0 Å². The molecule has 0 radical (unpaired) electrons. The van der Waals surface area contributed by atoms with E-state index in [0.29, 0.717) is 17.0 Å². The van der Waals surface area contributed by atoms with E-state index >= 15 is 0 Å². The van der Waals surface area contributed by atoms with E-state index in [-0.39, 0.29) is 11.7 Å². The highest BCUT2D eigenvalue weighted by molar-refractivity contribution is 6.04. The van der Waals surface area contributed by atoms with Crippen molar-refractivity contribution in [2.45, 2.75) is 20.0 Å². The van der Waals surface area contributed by atoms with Gasteiger partial charge in [0.15, 0.2) is 11.9 Å². The van der Waals surface area contributed by atoms with E-state index in [2.05, 4.69) is 5.32 Å². The second kappa shape index (κ2) is 6.70. The fourth-order valence-electron chi connectivity index (χ4n) is 1.89. The van der Waals surface area contributed by atoms with Crippen LogP contribution >= 0.6 is 0 Å². The molecule has 0 aliphatic heterocycles. The maximum Gasteiger partial charge on any atom is 0.265 e. The second-order valence-corrected chi connectivity index (χ2v) is 4.66. The average Bonchev–Trinajstić information content (AvgIpc) is 2.48. The van der Waals surface area contributed by atoms with Crippen LogP contribution in [0.4, 0.5) is 5.69 Å². The molecule has 0 spiro atoms. The summed E-state index contributed by atoms with van der Waals surface area (Å²) in [6, 6.07) is 16.0. The Morgan fingerprint density at radius 3 is 2.29 bits per heavy atom. The van der Waals surface area contributed by atoms with Gasteiger partial charge in [0.05, 0.1) is 5.69 Å². The van der Waals surface area contributed by atoms with Crippen molar-refractivity contribution in [1.29, 1.82) is 0 Å². The summed E-state index contributed by atoms with van der Waals surface area (Å²) >= 11 is 0. The first-order valence-corrected chi connectivity index (χ1v) is 6.70. The van der Waals surface area contributed by atoms with Crippen LogP contribution in [0.25, 0.3) is 0 Å². The number of carbonyl (C=O) groups excluding carboxylic acids is 2. The van der Waals surface area contributed by atoms with Gasteiger partial charge >= 0.3 is 0 Å². The molecule has 1 N–H and O–H groups in total. The molecule has 0 bridgehead atoms. The van der Waals surface area contributed by atoms with E-state index in [1.54, 1.807) is 43.3 Å². The number of anilines is 1. The number of nitrogens with one attached hydrogen (secondary N) is 1. The van der Waals surface area contributed by atoms with Gasteiger partial charge in [-0.05, 0) is 38.1 Å². The number of ether oxygens (including phenoxy) is 1. The minimum atomic E-state index is -0.660. The van der Waals surface area contributed by atoms with E-state index in [9.17, 15) is 9.59 Å². The topological polar surface area (TPSA) is 55.4 Å². The standard InChI is InChI=1S/C17H17NO3/c1-12(19)15-10-6-7-11-16(15)18-17(20)13(2)21-14-8-4-3-5-9-14/h3-11,13H,1-2H3,(H,18,20). The zero-order valence-electron chi connectivity index (χ0n) is 12.0. The molecule has 1 unspecified atom stereocenters. The first kappa shape index (κ1) is 14.8. The van der Waals surface area contributed by atoms with Gasteiger partial charge < -0.3 is 10.1 Å². The molecule has 2 aromatic rings. The molecule has 0 aliphatic rings. The van der Waals surface area contributed by atoms with Crippen LogP contribution in [0.3, 0.4) is 0 Å². The van der Waals surface area contributed by atoms with Crippen LogP contribution in [0.5, 0.6) is 5.75 Å². The van der Waals surface area contributed by atoms with Crippen LogP contribution in [0.2, 0.25) is 0 Å². The summed E-state index contributed by atoms with van der Waals surface area (Å²) in [5.74, 6) is 0.232. The number of hydrogen-bond donors (Lipinski definition) is 1. The fourth-order valence-corrected chi connectivity index (χ4v) is 1.89. The van der Waals surface area contributed by atoms with Crippen molar-refractivity contribution < 1.29 is 14.3 Å². The average molecular weight is 283 g/mol. The Bertz CT molecular complexity index is 637. The van der Waals surface area contributed by atoms with Crippen LogP contribution in [-0.4, -0.2) is 17.8 Å². The molecular weight excluding hydrogens is 266 g/mol. The Kier molecular flexibility index (Phi) is 4.72. The van der Waals surface area contributed by atoms with Gasteiger partial charge in [-0.2, -0.15) is 0 Å². The summed E-state index contributed by atoms with van der Waals surface area (Å²) in [7, 11) is 0. The predicted octanol–water partition coefficient (Wildman–Crippen LogP) is 3.30. The number of ketones is 1. The third-order valence-electron chi connectivity index (χ3n) is 2.99. The van der Waals surface area contributed by atoms with Gasteiger partial charge in [-0.25, -0.2) is 0 Å². The SMILES string of the molecule is CC(=O)c1ccccc1NC(=O)C(C)Oc1ccccc1. The summed E-state index contributed by atoms with van der Waals surface area (Å²) in [6.45, 7) is 3.13. The van der Waals surface area contributed by atoms with Crippen molar-refractivity contribution in [2.75, 3.05) is 5.32 Å². The van der Waals surface area contributed by atoms with Crippen molar-refractivity contribution in [1.82, 2.24) is 0 Å². The number of Topliss-reactive ketones (excluding diaryl/α,β-unsaturated/α-hetero) is 1. The van der Waals surface area contributed by atoms with Crippen LogP contribution in [0.15, 0.2) is 54.6 Å². The molecule has 2 rings (SSSR count). The number of benzene rings is 2. The van der Waals surface area contributed by atoms with E-state index in [0.717, 1.165) is 0 Å². The number of hydrogen-bond acceptors (Lipinski definition) is 3. The first-order chi connectivity index (χ1) is 10.1. The minimum Gasteiger partial charge on any atom is -0.481 e. The monoisotopic (exact) mass is 283 g/mol. The van der Waals surface area contributed by atoms with Gasteiger partial charge in [0.25, 0.3) is 5.91 Å². The van der Waals surface area contributed by atoms with Gasteiger partial charge in [0, 0.05) is 5.56 Å². The highest BCUT2D eigenvalue weighted by Gasteiger charge is 2.17.